The van der Waals surface area contributed by atoms with Crippen LogP contribution in [0.15, 0.2) is 36.4 Å². The molecule has 2 aromatic carbocycles. The first kappa shape index (κ1) is 36.3. The molecule has 2 aliphatic rings. The average molecular weight is 675 g/mol. The van der Waals surface area contributed by atoms with Crippen LogP contribution in [0.1, 0.15) is 80.4 Å². The summed E-state index contributed by atoms with van der Waals surface area (Å²) in [7, 11) is 1.34. The van der Waals surface area contributed by atoms with Crippen LogP contribution in [0, 0.1) is 12.7 Å². The van der Waals surface area contributed by atoms with Crippen LogP contribution in [0.4, 0.5) is 40.3 Å². The maximum Gasteiger partial charge on any atom is 0.416 e. The van der Waals surface area contributed by atoms with E-state index >= 15 is 0 Å². The van der Waals surface area contributed by atoms with E-state index in [9.17, 15) is 40.3 Å². The Morgan fingerprint density at radius 1 is 0.894 bits per heavy atom. The Bertz CT molecular complexity index is 1420. The van der Waals surface area contributed by atoms with Gasteiger partial charge in [0.05, 0.1) is 23.2 Å². The predicted octanol–water partition coefficient (Wildman–Crippen LogP) is 8.04. The van der Waals surface area contributed by atoms with Gasteiger partial charge in [-0.05, 0) is 94.5 Å². The molecular formula is C33H41F7N4O3. The fraction of sp³-hybridized carbons (Fsp3) is 0.576. The van der Waals surface area contributed by atoms with Crippen LogP contribution in [0.2, 0.25) is 0 Å². The number of benzene rings is 2. The number of ether oxygens (including phenoxy) is 1. The first-order chi connectivity index (χ1) is 21.7. The quantitative estimate of drug-likeness (QED) is 0.308. The highest BCUT2D eigenvalue weighted by Crippen LogP contribution is 2.40. The highest BCUT2D eigenvalue weighted by molar-refractivity contribution is 5.75. The summed E-state index contributed by atoms with van der Waals surface area (Å²) in [6, 6.07) is 3.31. The van der Waals surface area contributed by atoms with Gasteiger partial charge in [0, 0.05) is 45.8 Å². The number of halogens is 7. The first-order valence-corrected chi connectivity index (χ1v) is 15.5. The lowest BCUT2D eigenvalue weighted by Gasteiger charge is -2.47. The summed E-state index contributed by atoms with van der Waals surface area (Å²) in [4.78, 5) is 33.2. The van der Waals surface area contributed by atoms with Gasteiger partial charge in [-0.2, -0.15) is 26.3 Å². The molecule has 4 rings (SSSR count). The molecule has 2 fully saturated rings. The molecule has 7 nitrogen and oxygen atoms in total. The normalized spacial score (nSPS) is 20.6. The van der Waals surface area contributed by atoms with Crippen LogP contribution in [0.5, 0.6) is 0 Å². The largest absolute Gasteiger partial charge is 0.444 e. The Balaban J connectivity index is 1.57. The van der Waals surface area contributed by atoms with Crippen LogP contribution in [-0.4, -0.2) is 83.1 Å². The SMILES string of the molecule is Cc1cc(F)ccc1[C@H]1C[C@H](N2CCN(C(=O)OC(C)(C)C)CC2)CCN1C(=O)N(C)[C@H](C)c1cc(C(F)(F)F)cc(C(F)(F)F)c1. The molecule has 47 heavy (non-hydrogen) atoms. The first-order valence-electron chi connectivity index (χ1n) is 15.5. The number of aryl methyl sites for hydroxylation is 1. The summed E-state index contributed by atoms with van der Waals surface area (Å²) in [5, 5.41) is 0. The Labute approximate surface area is 270 Å². The summed E-state index contributed by atoms with van der Waals surface area (Å²) < 4.78 is 101. The van der Waals surface area contributed by atoms with Crippen molar-refractivity contribution in [3.8, 4) is 0 Å². The molecule has 14 heteroatoms. The Kier molecular flexibility index (Phi) is 10.4. The number of amides is 3. The minimum atomic E-state index is -5.02. The van der Waals surface area contributed by atoms with E-state index in [1.807, 2.05) is 0 Å². The van der Waals surface area contributed by atoms with Crippen molar-refractivity contribution in [1.29, 1.82) is 0 Å². The van der Waals surface area contributed by atoms with E-state index in [0.717, 1.165) is 4.90 Å². The second-order valence-electron chi connectivity index (χ2n) is 13.3. The van der Waals surface area contributed by atoms with E-state index < -0.39 is 59.1 Å². The molecule has 260 valence electrons. The molecule has 2 aromatic rings. The molecule has 0 saturated carbocycles. The van der Waals surface area contributed by atoms with E-state index in [-0.39, 0.29) is 24.2 Å². The molecule has 2 aliphatic heterocycles. The van der Waals surface area contributed by atoms with Crippen LogP contribution < -0.4 is 0 Å². The molecule has 2 saturated heterocycles. The van der Waals surface area contributed by atoms with Crippen molar-refractivity contribution in [3.63, 3.8) is 0 Å². The minimum Gasteiger partial charge on any atom is -0.444 e. The van der Waals surface area contributed by atoms with Crippen molar-refractivity contribution in [1.82, 2.24) is 19.6 Å². The summed E-state index contributed by atoms with van der Waals surface area (Å²) in [6.07, 6.45) is -9.45. The number of carbonyl (C=O) groups excluding carboxylic acids is 2. The molecule has 0 radical (unpaired) electrons. The number of rotatable bonds is 4. The van der Waals surface area contributed by atoms with Gasteiger partial charge in [0.15, 0.2) is 0 Å². The monoisotopic (exact) mass is 674 g/mol. The smallest absolute Gasteiger partial charge is 0.416 e. The van der Waals surface area contributed by atoms with Gasteiger partial charge < -0.3 is 19.4 Å². The number of carbonyl (C=O) groups is 2. The standard InChI is InChI=1S/C33H41F7N4O3/c1-20-15-25(34)7-8-27(20)28-19-26(42-11-13-43(14-12-42)30(46)47-31(3,4)5)9-10-44(28)29(45)41(6)21(2)22-16-23(32(35,36)37)18-24(17-22)33(38,39)40/h7-8,15-18,21,26,28H,9-14,19H2,1-6H3/t21-,26-,28-/m1/s1. The van der Waals surface area contributed by atoms with Crippen molar-refractivity contribution < 1.29 is 45.1 Å². The van der Waals surface area contributed by atoms with Crippen molar-refractivity contribution in [2.45, 2.75) is 83.5 Å². The summed E-state index contributed by atoms with van der Waals surface area (Å²) in [6.45, 7) is 10.8. The molecule has 0 aliphatic carbocycles. The molecule has 0 N–H and O–H groups in total. The summed E-state index contributed by atoms with van der Waals surface area (Å²) in [5.41, 5.74) is -2.55. The maximum absolute atomic E-state index is 14.1. The molecule has 0 aromatic heterocycles. The van der Waals surface area contributed by atoms with Gasteiger partial charge in [0.2, 0.25) is 0 Å². The van der Waals surface area contributed by atoms with Crippen molar-refractivity contribution in [3.05, 3.63) is 70.0 Å². The van der Waals surface area contributed by atoms with Gasteiger partial charge in [-0.25, -0.2) is 14.0 Å². The molecule has 3 amide bonds. The number of alkyl halides is 6. The Hall–Kier alpha value is -3.55. The molecule has 3 atom stereocenters. The van der Waals surface area contributed by atoms with Gasteiger partial charge in [-0.1, -0.05) is 6.07 Å². The van der Waals surface area contributed by atoms with E-state index in [0.29, 0.717) is 62.3 Å². The van der Waals surface area contributed by atoms with Gasteiger partial charge >= 0.3 is 24.5 Å². The van der Waals surface area contributed by atoms with Crippen LogP contribution in [0.3, 0.4) is 0 Å². The van der Waals surface area contributed by atoms with E-state index in [2.05, 4.69) is 4.90 Å². The van der Waals surface area contributed by atoms with Gasteiger partial charge in [0.1, 0.15) is 11.4 Å². The Morgan fingerprint density at radius 3 is 1.98 bits per heavy atom. The highest BCUT2D eigenvalue weighted by Gasteiger charge is 2.41. The van der Waals surface area contributed by atoms with Crippen LogP contribution in [-0.2, 0) is 17.1 Å². The fourth-order valence-corrected chi connectivity index (χ4v) is 6.22. The zero-order chi connectivity index (χ0) is 35.1. The van der Waals surface area contributed by atoms with Crippen LogP contribution >= 0.6 is 0 Å². The lowest BCUT2D eigenvalue weighted by molar-refractivity contribution is -0.143. The summed E-state index contributed by atoms with van der Waals surface area (Å²) >= 11 is 0. The molecule has 0 bridgehead atoms. The van der Waals surface area contributed by atoms with Gasteiger partial charge in [-0.15, -0.1) is 0 Å². The van der Waals surface area contributed by atoms with Gasteiger partial charge in [0.25, 0.3) is 0 Å². The second-order valence-corrected chi connectivity index (χ2v) is 13.3. The Morgan fingerprint density at radius 2 is 1.47 bits per heavy atom. The van der Waals surface area contributed by atoms with Crippen molar-refractivity contribution >= 4 is 12.1 Å². The molecule has 2 heterocycles. The third-order valence-corrected chi connectivity index (χ3v) is 8.87. The van der Waals surface area contributed by atoms with E-state index in [4.69, 9.17) is 4.74 Å². The molecule has 0 spiro atoms. The number of piperazine rings is 1. The van der Waals surface area contributed by atoms with E-state index in [1.54, 1.807) is 43.6 Å². The zero-order valence-electron chi connectivity index (χ0n) is 27.3. The summed E-state index contributed by atoms with van der Waals surface area (Å²) in [5.74, 6) is -0.453. The lowest BCUT2D eigenvalue weighted by Crippen LogP contribution is -2.56. The van der Waals surface area contributed by atoms with Crippen molar-refractivity contribution in [2.24, 2.45) is 0 Å². The molecular weight excluding hydrogens is 633 g/mol. The van der Waals surface area contributed by atoms with Crippen molar-refractivity contribution in [2.75, 3.05) is 39.8 Å². The third kappa shape index (κ3) is 8.68. The zero-order valence-corrected chi connectivity index (χ0v) is 27.3. The topological polar surface area (TPSA) is 56.3 Å². The maximum atomic E-state index is 14.1. The fourth-order valence-electron chi connectivity index (χ4n) is 6.22. The molecule has 0 unspecified atom stereocenters. The number of urea groups is 1. The number of likely N-dealkylation sites (tertiary alicyclic amines) is 1. The third-order valence-electron chi connectivity index (χ3n) is 8.87. The average Bonchev–Trinajstić information content (AvgIpc) is 2.98. The predicted molar refractivity (Wildman–Crippen MR) is 161 cm³/mol. The number of piperidine rings is 1. The van der Waals surface area contributed by atoms with Crippen LogP contribution in [0.25, 0.3) is 0 Å². The van der Waals surface area contributed by atoms with Gasteiger partial charge in [-0.3, -0.25) is 4.90 Å². The number of hydrogen-bond acceptors (Lipinski definition) is 4. The highest BCUT2D eigenvalue weighted by atomic mass is 19.4. The second kappa shape index (κ2) is 13.5. The number of nitrogens with zero attached hydrogens (tertiary/aromatic N) is 4. The lowest BCUT2D eigenvalue weighted by atomic mass is 9.88. The number of hydrogen-bond donors (Lipinski definition) is 0. The van der Waals surface area contributed by atoms with E-state index in [1.165, 1.54) is 26.1 Å². The minimum absolute atomic E-state index is 0.00479.